The minimum atomic E-state index is -0.224. The number of carbonyl (C=O) groups is 1. The van der Waals surface area contributed by atoms with Crippen molar-refractivity contribution in [1.29, 1.82) is 0 Å². The Balaban J connectivity index is 1.28. The van der Waals surface area contributed by atoms with Gasteiger partial charge < -0.3 is 4.90 Å². The summed E-state index contributed by atoms with van der Waals surface area (Å²) in [5.41, 5.74) is 2.34. The molecule has 1 aromatic carbocycles. The molecule has 0 radical (unpaired) electrons. The molecule has 0 spiro atoms. The fraction of sp³-hybridized carbons (Fsp3) is 0.400. The molecule has 0 bridgehead atoms. The minimum Gasteiger partial charge on any atom is -0.340 e. The van der Waals surface area contributed by atoms with E-state index in [2.05, 4.69) is 9.88 Å². The summed E-state index contributed by atoms with van der Waals surface area (Å²) < 4.78 is 13.0. The summed E-state index contributed by atoms with van der Waals surface area (Å²) in [5, 5.41) is 0. The Morgan fingerprint density at radius 2 is 1.72 bits per heavy atom. The minimum absolute atomic E-state index is 0.0807. The summed E-state index contributed by atoms with van der Waals surface area (Å²) in [4.78, 5) is 21.1. The van der Waals surface area contributed by atoms with Crippen LogP contribution in [-0.4, -0.2) is 46.9 Å². The number of aromatic nitrogens is 1. The van der Waals surface area contributed by atoms with E-state index in [0.717, 1.165) is 44.7 Å². The monoisotopic (exact) mass is 339 g/mol. The molecule has 0 N–H and O–H groups in total. The molecule has 0 unspecified atom stereocenters. The van der Waals surface area contributed by atoms with Crippen LogP contribution in [0.25, 0.3) is 0 Å². The Morgan fingerprint density at radius 3 is 2.40 bits per heavy atom. The van der Waals surface area contributed by atoms with Crippen molar-refractivity contribution < 1.29 is 9.18 Å². The van der Waals surface area contributed by atoms with Crippen LogP contribution in [0.4, 0.5) is 4.39 Å². The van der Waals surface area contributed by atoms with Crippen molar-refractivity contribution in [2.24, 2.45) is 5.92 Å². The van der Waals surface area contributed by atoms with Gasteiger partial charge in [0.15, 0.2) is 0 Å². The average molecular weight is 339 g/mol. The van der Waals surface area contributed by atoms with E-state index in [1.54, 1.807) is 12.1 Å². The van der Waals surface area contributed by atoms with Crippen LogP contribution in [0.3, 0.4) is 0 Å². The van der Waals surface area contributed by atoms with Crippen LogP contribution in [0.15, 0.2) is 48.8 Å². The Kier molecular flexibility index (Phi) is 4.49. The summed E-state index contributed by atoms with van der Waals surface area (Å²) in [6.45, 7) is 4.29. The Hall–Kier alpha value is -2.27. The first kappa shape index (κ1) is 16.2. The van der Waals surface area contributed by atoms with Crippen molar-refractivity contribution in [2.45, 2.75) is 18.9 Å². The Morgan fingerprint density at radius 1 is 1.04 bits per heavy atom. The predicted molar refractivity (Wildman–Crippen MR) is 93.3 cm³/mol. The van der Waals surface area contributed by atoms with Crippen molar-refractivity contribution in [3.63, 3.8) is 0 Å². The summed E-state index contributed by atoms with van der Waals surface area (Å²) in [6, 6.07) is 10.6. The van der Waals surface area contributed by atoms with Gasteiger partial charge in [-0.25, -0.2) is 4.39 Å². The average Bonchev–Trinajstić information content (AvgIpc) is 3.44. The SMILES string of the molecule is O=C([C@H]1C[C@@H]1c1ccc(F)cc1)N1CCN(Cc2ccncc2)CC1. The Labute approximate surface area is 147 Å². The molecule has 2 heterocycles. The molecular formula is C20H22FN3O. The second-order valence-corrected chi connectivity index (χ2v) is 6.96. The number of carbonyl (C=O) groups excluding carboxylic acids is 1. The molecule has 1 aliphatic carbocycles. The Bertz CT molecular complexity index is 726. The molecule has 1 aliphatic heterocycles. The summed E-state index contributed by atoms with van der Waals surface area (Å²) in [7, 11) is 0. The number of halogens is 1. The number of amides is 1. The van der Waals surface area contributed by atoms with Gasteiger partial charge in [-0.15, -0.1) is 0 Å². The van der Waals surface area contributed by atoms with E-state index in [1.807, 2.05) is 29.4 Å². The van der Waals surface area contributed by atoms with Gasteiger partial charge in [-0.3, -0.25) is 14.7 Å². The van der Waals surface area contributed by atoms with Gasteiger partial charge in [0, 0.05) is 51.0 Å². The van der Waals surface area contributed by atoms with Crippen molar-refractivity contribution in [2.75, 3.05) is 26.2 Å². The molecule has 2 fully saturated rings. The van der Waals surface area contributed by atoms with Gasteiger partial charge in [0.05, 0.1) is 0 Å². The highest BCUT2D eigenvalue weighted by molar-refractivity contribution is 5.83. The molecule has 130 valence electrons. The van der Waals surface area contributed by atoms with Crippen LogP contribution in [0.2, 0.25) is 0 Å². The van der Waals surface area contributed by atoms with E-state index in [1.165, 1.54) is 17.7 Å². The lowest BCUT2D eigenvalue weighted by atomic mass is 10.1. The molecule has 25 heavy (non-hydrogen) atoms. The highest BCUT2D eigenvalue weighted by Gasteiger charge is 2.46. The van der Waals surface area contributed by atoms with Crippen LogP contribution < -0.4 is 0 Å². The van der Waals surface area contributed by atoms with Crippen LogP contribution in [0.5, 0.6) is 0 Å². The van der Waals surface area contributed by atoms with Crippen molar-refractivity contribution in [3.05, 3.63) is 65.7 Å². The van der Waals surface area contributed by atoms with Crippen molar-refractivity contribution in [3.8, 4) is 0 Å². The third-order valence-electron chi connectivity index (χ3n) is 5.25. The third kappa shape index (κ3) is 3.71. The summed E-state index contributed by atoms with van der Waals surface area (Å²) >= 11 is 0. The third-order valence-corrected chi connectivity index (χ3v) is 5.25. The standard InChI is InChI=1S/C20H22FN3O/c21-17-3-1-16(2-4-17)18-13-19(18)20(25)24-11-9-23(10-12-24)14-15-5-7-22-8-6-15/h1-8,18-19H,9-14H2/t18-,19+/m1/s1. The fourth-order valence-corrected chi connectivity index (χ4v) is 3.65. The maximum absolute atomic E-state index is 13.0. The van der Waals surface area contributed by atoms with Gasteiger partial charge >= 0.3 is 0 Å². The van der Waals surface area contributed by atoms with Gasteiger partial charge in [-0.1, -0.05) is 12.1 Å². The van der Waals surface area contributed by atoms with E-state index in [0.29, 0.717) is 0 Å². The van der Waals surface area contributed by atoms with Gasteiger partial charge in [0.25, 0.3) is 0 Å². The molecule has 1 saturated carbocycles. The second kappa shape index (κ2) is 6.92. The highest BCUT2D eigenvalue weighted by Crippen LogP contribution is 2.48. The van der Waals surface area contributed by atoms with Crippen molar-refractivity contribution in [1.82, 2.24) is 14.8 Å². The molecule has 4 rings (SSSR count). The number of pyridine rings is 1. The van der Waals surface area contributed by atoms with Crippen LogP contribution in [-0.2, 0) is 11.3 Å². The molecule has 4 nitrogen and oxygen atoms in total. The molecule has 1 aromatic heterocycles. The largest absolute Gasteiger partial charge is 0.340 e. The number of rotatable bonds is 4. The first-order valence-corrected chi connectivity index (χ1v) is 8.86. The number of hydrogen-bond donors (Lipinski definition) is 0. The first-order valence-electron chi connectivity index (χ1n) is 8.86. The quantitative estimate of drug-likeness (QED) is 0.859. The molecule has 2 atom stereocenters. The lowest BCUT2D eigenvalue weighted by Gasteiger charge is -2.35. The van der Waals surface area contributed by atoms with E-state index < -0.39 is 0 Å². The van der Waals surface area contributed by atoms with Gasteiger partial charge in [0.1, 0.15) is 5.82 Å². The first-order chi connectivity index (χ1) is 12.2. The topological polar surface area (TPSA) is 36.4 Å². The normalized spacial score (nSPS) is 23.5. The number of hydrogen-bond acceptors (Lipinski definition) is 3. The molecule has 2 aliphatic rings. The van der Waals surface area contributed by atoms with Gasteiger partial charge in [-0.2, -0.15) is 0 Å². The van der Waals surface area contributed by atoms with Crippen molar-refractivity contribution >= 4 is 5.91 Å². The molecule has 5 heteroatoms. The number of nitrogens with zero attached hydrogens (tertiary/aromatic N) is 3. The lowest BCUT2D eigenvalue weighted by Crippen LogP contribution is -2.48. The van der Waals surface area contributed by atoms with E-state index >= 15 is 0 Å². The zero-order chi connectivity index (χ0) is 17.2. The smallest absolute Gasteiger partial charge is 0.226 e. The van der Waals surface area contributed by atoms with Crippen LogP contribution in [0.1, 0.15) is 23.5 Å². The van der Waals surface area contributed by atoms with Crippen LogP contribution >= 0.6 is 0 Å². The zero-order valence-electron chi connectivity index (χ0n) is 14.1. The van der Waals surface area contributed by atoms with E-state index in [9.17, 15) is 9.18 Å². The van der Waals surface area contributed by atoms with Gasteiger partial charge in [-0.05, 0) is 47.7 Å². The number of benzene rings is 1. The maximum atomic E-state index is 13.0. The van der Waals surface area contributed by atoms with E-state index in [-0.39, 0.29) is 23.6 Å². The lowest BCUT2D eigenvalue weighted by molar-refractivity contribution is -0.134. The molecular weight excluding hydrogens is 317 g/mol. The maximum Gasteiger partial charge on any atom is 0.226 e. The molecule has 1 amide bonds. The molecule has 1 saturated heterocycles. The second-order valence-electron chi connectivity index (χ2n) is 6.96. The zero-order valence-corrected chi connectivity index (χ0v) is 14.1. The van der Waals surface area contributed by atoms with Crippen LogP contribution in [0, 0.1) is 11.7 Å². The summed E-state index contributed by atoms with van der Waals surface area (Å²) in [6.07, 6.45) is 4.53. The summed E-state index contributed by atoms with van der Waals surface area (Å²) in [5.74, 6) is 0.385. The van der Waals surface area contributed by atoms with E-state index in [4.69, 9.17) is 0 Å². The fourth-order valence-electron chi connectivity index (χ4n) is 3.65. The predicted octanol–water partition coefficient (Wildman–Crippen LogP) is 2.67. The number of piperazine rings is 1. The van der Waals surface area contributed by atoms with Gasteiger partial charge in [0.2, 0.25) is 5.91 Å². The highest BCUT2D eigenvalue weighted by atomic mass is 19.1. The molecule has 2 aromatic rings.